The van der Waals surface area contributed by atoms with E-state index in [2.05, 4.69) is 15.9 Å². The van der Waals surface area contributed by atoms with Crippen LogP contribution in [0.4, 0.5) is 8.78 Å². The second kappa shape index (κ2) is 6.69. The van der Waals surface area contributed by atoms with Crippen LogP contribution in [0.15, 0.2) is 18.2 Å². The number of halogens is 3. The summed E-state index contributed by atoms with van der Waals surface area (Å²) in [5, 5.41) is 0.161. The summed E-state index contributed by atoms with van der Waals surface area (Å²) in [5.41, 5.74) is 0.221. The minimum Gasteiger partial charge on any atom is -0.494 e. The Hall–Kier alpha value is -0.970. The number of hydrogen-bond acceptors (Lipinski definition) is 2. The maximum atomic E-state index is 12.7. The van der Waals surface area contributed by atoms with Crippen LogP contribution in [-0.4, -0.2) is 17.7 Å². The van der Waals surface area contributed by atoms with E-state index in [0.717, 1.165) is 0 Å². The van der Waals surface area contributed by atoms with Gasteiger partial charge in [0.05, 0.1) is 11.9 Å². The highest BCUT2D eigenvalue weighted by molar-refractivity contribution is 9.09. The van der Waals surface area contributed by atoms with Crippen molar-refractivity contribution in [2.45, 2.75) is 19.8 Å². The first-order chi connectivity index (χ1) is 8.08. The lowest BCUT2D eigenvalue weighted by Gasteiger charge is -2.10. The predicted molar refractivity (Wildman–Crippen MR) is 65.1 cm³/mol. The fourth-order valence-electron chi connectivity index (χ4n) is 1.46. The standard InChI is InChI=1S/C12H13BrF2O2/c1-2-17-10-3-4-11(12(14)15)8(6-10)5-9(16)7-13/h3-4,6,12H,2,5,7H2,1H3. The molecule has 0 aliphatic rings. The molecule has 1 aromatic carbocycles. The molecule has 94 valence electrons. The molecule has 0 aliphatic heterocycles. The van der Waals surface area contributed by atoms with Gasteiger partial charge in [0.15, 0.2) is 0 Å². The Labute approximate surface area is 107 Å². The molecule has 0 radical (unpaired) electrons. The third-order valence-corrected chi connectivity index (χ3v) is 2.82. The van der Waals surface area contributed by atoms with E-state index in [0.29, 0.717) is 17.9 Å². The summed E-state index contributed by atoms with van der Waals surface area (Å²) in [6, 6.07) is 4.31. The van der Waals surface area contributed by atoms with Gasteiger partial charge in [0.25, 0.3) is 6.43 Å². The van der Waals surface area contributed by atoms with Gasteiger partial charge in [-0.2, -0.15) is 0 Å². The predicted octanol–water partition coefficient (Wildman–Crippen LogP) is 3.53. The van der Waals surface area contributed by atoms with Crippen LogP contribution < -0.4 is 4.74 Å². The van der Waals surface area contributed by atoms with Crippen LogP contribution in [0.5, 0.6) is 5.75 Å². The van der Waals surface area contributed by atoms with Crippen LogP contribution >= 0.6 is 15.9 Å². The van der Waals surface area contributed by atoms with Gasteiger partial charge in [0, 0.05) is 12.0 Å². The number of rotatable bonds is 6. The molecular formula is C12H13BrF2O2. The Kier molecular flexibility index (Phi) is 5.55. The lowest BCUT2D eigenvalue weighted by atomic mass is 10.0. The molecule has 0 aliphatic carbocycles. The number of ketones is 1. The Morgan fingerprint density at radius 1 is 1.47 bits per heavy atom. The molecule has 0 bridgehead atoms. The monoisotopic (exact) mass is 306 g/mol. The van der Waals surface area contributed by atoms with Crippen LogP contribution in [0.2, 0.25) is 0 Å². The zero-order chi connectivity index (χ0) is 12.8. The molecule has 5 heteroatoms. The lowest BCUT2D eigenvalue weighted by Crippen LogP contribution is -2.07. The third kappa shape index (κ3) is 4.07. The first-order valence-electron chi connectivity index (χ1n) is 5.20. The molecule has 0 saturated carbocycles. The Morgan fingerprint density at radius 2 is 2.18 bits per heavy atom. The fraction of sp³-hybridized carbons (Fsp3) is 0.417. The van der Waals surface area contributed by atoms with Crippen molar-refractivity contribution in [2.24, 2.45) is 0 Å². The molecular weight excluding hydrogens is 294 g/mol. The highest BCUT2D eigenvalue weighted by Crippen LogP contribution is 2.27. The van der Waals surface area contributed by atoms with Crippen molar-refractivity contribution in [3.05, 3.63) is 29.3 Å². The number of carbonyl (C=O) groups excluding carboxylic acids is 1. The van der Waals surface area contributed by atoms with E-state index >= 15 is 0 Å². The summed E-state index contributed by atoms with van der Waals surface area (Å²) in [5.74, 6) is 0.370. The Bertz CT molecular complexity index is 394. The normalized spacial score (nSPS) is 10.6. The number of alkyl halides is 3. The van der Waals surface area contributed by atoms with Gasteiger partial charge in [0.1, 0.15) is 11.5 Å². The van der Waals surface area contributed by atoms with Crippen LogP contribution in [0.1, 0.15) is 24.5 Å². The van der Waals surface area contributed by atoms with Crippen molar-refractivity contribution in [3.8, 4) is 5.75 Å². The molecule has 0 saturated heterocycles. The highest BCUT2D eigenvalue weighted by atomic mass is 79.9. The SMILES string of the molecule is CCOc1ccc(C(F)F)c(CC(=O)CBr)c1. The van der Waals surface area contributed by atoms with Gasteiger partial charge in [-0.25, -0.2) is 8.78 Å². The second-order valence-corrected chi connectivity index (χ2v) is 4.00. The molecule has 2 nitrogen and oxygen atoms in total. The molecule has 0 atom stereocenters. The van der Waals surface area contributed by atoms with Gasteiger partial charge >= 0.3 is 0 Å². The van der Waals surface area contributed by atoms with E-state index in [-0.39, 0.29) is 23.1 Å². The molecule has 0 amide bonds. The molecule has 0 N–H and O–H groups in total. The van der Waals surface area contributed by atoms with Crippen LogP contribution in [-0.2, 0) is 11.2 Å². The first-order valence-corrected chi connectivity index (χ1v) is 6.32. The fourth-order valence-corrected chi connectivity index (χ4v) is 1.66. The lowest BCUT2D eigenvalue weighted by molar-refractivity contribution is -0.115. The van der Waals surface area contributed by atoms with Crippen molar-refractivity contribution >= 4 is 21.7 Å². The van der Waals surface area contributed by atoms with Gasteiger partial charge in [-0.15, -0.1) is 0 Å². The van der Waals surface area contributed by atoms with Crippen molar-refractivity contribution in [3.63, 3.8) is 0 Å². The minimum absolute atomic E-state index is 0.00810. The number of carbonyl (C=O) groups is 1. The average molecular weight is 307 g/mol. The second-order valence-electron chi connectivity index (χ2n) is 3.44. The van der Waals surface area contributed by atoms with Gasteiger partial charge in [-0.1, -0.05) is 15.9 Å². The Balaban J connectivity index is 3.02. The van der Waals surface area contributed by atoms with E-state index in [1.165, 1.54) is 18.2 Å². The van der Waals surface area contributed by atoms with Crippen molar-refractivity contribution in [2.75, 3.05) is 11.9 Å². The summed E-state index contributed by atoms with van der Waals surface area (Å²) in [7, 11) is 0. The molecule has 17 heavy (non-hydrogen) atoms. The maximum Gasteiger partial charge on any atom is 0.264 e. The topological polar surface area (TPSA) is 26.3 Å². The van der Waals surface area contributed by atoms with Gasteiger partial charge in [-0.05, 0) is 30.7 Å². The Morgan fingerprint density at radius 3 is 2.71 bits per heavy atom. The summed E-state index contributed by atoms with van der Waals surface area (Å²) >= 11 is 3.01. The number of ether oxygens (including phenoxy) is 1. The van der Waals surface area contributed by atoms with E-state index in [1.54, 1.807) is 0 Å². The number of hydrogen-bond donors (Lipinski definition) is 0. The number of benzene rings is 1. The molecule has 0 spiro atoms. The summed E-state index contributed by atoms with van der Waals surface area (Å²) in [4.78, 5) is 11.3. The van der Waals surface area contributed by atoms with Crippen molar-refractivity contribution < 1.29 is 18.3 Å². The highest BCUT2D eigenvalue weighted by Gasteiger charge is 2.15. The smallest absolute Gasteiger partial charge is 0.264 e. The van der Waals surface area contributed by atoms with Crippen LogP contribution in [0, 0.1) is 0 Å². The minimum atomic E-state index is -2.58. The molecule has 0 aromatic heterocycles. The third-order valence-electron chi connectivity index (χ3n) is 2.20. The van der Waals surface area contributed by atoms with Crippen LogP contribution in [0.25, 0.3) is 0 Å². The summed E-state index contributed by atoms with van der Waals surface area (Å²) < 4.78 is 30.7. The molecule has 1 rings (SSSR count). The summed E-state index contributed by atoms with van der Waals surface area (Å²) in [6.45, 7) is 2.27. The molecule has 0 fully saturated rings. The molecule has 0 heterocycles. The van der Waals surface area contributed by atoms with E-state index in [9.17, 15) is 13.6 Å². The maximum absolute atomic E-state index is 12.7. The molecule has 1 aromatic rings. The average Bonchev–Trinajstić information content (AvgIpc) is 2.29. The largest absolute Gasteiger partial charge is 0.494 e. The van der Waals surface area contributed by atoms with E-state index in [4.69, 9.17) is 4.74 Å². The van der Waals surface area contributed by atoms with Crippen molar-refractivity contribution in [1.82, 2.24) is 0 Å². The van der Waals surface area contributed by atoms with Gasteiger partial charge in [0.2, 0.25) is 0 Å². The quantitative estimate of drug-likeness (QED) is 0.752. The first kappa shape index (κ1) is 14.1. The van der Waals surface area contributed by atoms with Gasteiger partial charge < -0.3 is 4.74 Å². The molecule has 0 unspecified atom stereocenters. The van der Waals surface area contributed by atoms with Crippen molar-refractivity contribution in [1.29, 1.82) is 0 Å². The summed E-state index contributed by atoms with van der Waals surface area (Å²) in [6.07, 6.45) is -2.59. The number of Topliss-reactive ketones (excluding diaryl/α,β-unsaturated/α-hetero) is 1. The van der Waals surface area contributed by atoms with Gasteiger partial charge in [-0.3, -0.25) is 4.79 Å². The van der Waals surface area contributed by atoms with E-state index < -0.39 is 6.43 Å². The zero-order valence-electron chi connectivity index (χ0n) is 9.38. The van der Waals surface area contributed by atoms with Crippen LogP contribution in [0.3, 0.4) is 0 Å². The van der Waals surface area contributed by atoms with E-state index in [1.807, 2.05) is 6.92 Å². The zero-order valence-corrected chi connectivity index (χ0v) is 11.0.